The average molecular weight is 336 g/mol. The van der Waals surface area contributed by atoms with E-state index in [1.165, 1.54) is 37.9 Å². The zero-order valence-corrected chi connectivity index (χ0v) is 13.9. The predicted octanol–water partition coefficient (Wildman–Crippen LogP) is 2.45. The second-order valence-electron chi connectivity index (χ2n) is 5.01. The van der Waals surface area contributed by atoms with Crippen LogP contribution in [-0.2, 0) is 14.3 Å². The highest BCUT2D eigenvalue weighted by atomic mass is 32.2. The van der Waals surface area contributed by atoms with Crippen molar-refractivity contribution >= 4 is 34.5 Å². The highest BCUT2D eigenvalue weighted by Crippen LogP contribution is 2.29. The number of halogens is 1. The molecular formula is C16H17FN2O3S. The van der Waals surface area contributed by atoms with Crippen LogP contribution in [0.5, 0.6) is 0 Å². The van der Waals surface area contributed by atoms with Gasteiger partial charge >= 0.3 is 5.97 Å². The second kappa shape index (κ2) is 7.41. The lowest BCUT2D eigenvalue weighted by Crippen LogP contribution is -2.42. The Bertz CT molecular complexity index is 751. The number of methoxy groups -OCH3 is 1. The van der Waals surface area contributed by atoms with Gasteiger partial charge in [0.05, 0.1) is 12.6 Å². The maximum absolute atomic E-state index is 13.5. The molecule has 2 aromatic rings. The average Bonchev–Trinajstić information content (AvgIpc) is 2.50. The summed E-state index contributed by atoms with van der Waals surface area (Å²) in [6.07, 6.45) is 0. The van der Waals surface area contributed by atoms with E-state index in [2.05, 4.69) is 10.3 Å². The molecule has 0 unspecified atom stereocenters. The van der Waals surface area contributed by atoms with Crippen LogP contribution in [0.3, 0.4) is 0 Å². The van der Waals surface area contributed by atoms with Crippen LogP contribution >= 0.6 is 11.8 Å². The van der Waals surface area contributed by atoms with Gasteiger partial charge < -0.3 is 10.1 Å². The first-order valence-corrected chi connectivity index (χ1v) is 7.94. The number of carbonyl (C=O) groups excluding carboxylic acids is 2. The Morgan fingerprint density at radius 3 is 2.78 bits per heavy atom. The third-order valence-electron chi connectivity index (χ3n) is 3.13. The number of ether oxygens (including phenoxy) is 1. The van der Waals surface area contributed by atoms with E-state index in [4.69, 9.17) is 4.74 Å². The van der Waals surface area contributed by atoms with E-state index in [0.29, 0.717) is 10.9 Å². The summed E-state index contributed by atoms with van der Waals surface area (Å²) in [5.41, 5.74) is 1.48. The van der Waals surface area contributed by atoms with Gasteiger partial charge in [0, 0.05) is 28.7 Å². The van der Waals surface area contributed by atoms with E-state index < -0.39 is 12.0 Å². The minimum absolute atomic E-state index is 0.279. The summed E-state index contributed by atoms with van der Waals surface area (Å²) in [6, 6.07) is 5.45. The molecule has 0 aliphatic carbocycles. The van der Waals surface area contributed by atoms with Gasteiger partial charge in [-0.1, -0.05) is 0 Å². The number of pyridine rings is 1. The third kappa shape index (κ3) is 4.41. The van der Waals surface area contributed by atoms with Crippen LogP contribution in [-0.4, -0.2) is 35.8 Å². The Kier molecular flexibility index (Phi) is 5.54. The van der Waals surface area contributed by atoms with E-state index in [1.807, 2.05) is 13.0 Å². The molecule has 23 heavy (non-hydrogen) atoms. The lowest BCUT2D eigenvalue weighted by Gasteiger charge is -2.16. The fourth-order valence-corrected chi connectivity index (χ4v) is 3.28. The summed E-state index contributed by atoms with van der Waals surface area (Å²) >= 11 is 1.34. The lowest BCUT2D eigenvalue weighted by molar-refractivity contribution is -0.144. The molecule has 1 N–H and O–H groups in total. The fraction of sp³-hybridized carbons (Fsp3) is 0.312. The van der Waals surface area contributed by atoms with Gasteiger partial charge in [-0.25, -0.2) is 9.18 Å². The van der Waals surface area contributed by atoms with Crippen molar-refractivity contribution in [2.75, 3.05) is 12.9 Å². The third-order valence-corrected chi connectivity index (χ3v) is 4.28. The molecule has 122 valence electrons. The molecule has 0 radical (unpaired) electrons. The minimum atomic E-state index is -0.764. The number of hydrogen-bond acceptors (Lipinski definition) is 5. The first-order valence-electron chi connectivity index (χ1n) is 6.95. The van der Waals surface area contributed by atoms with Crippen molar-refractivity contribution in [3.63, 3.8) is 0 Å². The summed E-state index contributed by atoms with van der Waals surface area (Å²) in [6.45, 7) is 3.18. The highest BCUT2D eigenvalue weighted by molar-refractivity contribution is 7.99. The number of aromatic nitrogens is 1. The maximum Gasteiger partial charge on any atom is 0.329 e. The van der Waals surface area contributed by atoms with Crippen molar-refractivity contribution in [3.8, 4) is 0 Å². The first kappa shape index (κ1) is 17.2. The predicted molar refractivity (Wildman–Crippen MR) is 86.8 cm³/mol. The first-order chi connectivity index (χ1) is 10.9. The Hall–Kier alpha value is -2.15. The smallest absolute Gasteiger partial charge is 0.329 e. The molecule has 0 spiro atoms. The van der Waals surface area contributed by atoms with Gasteiger partial charge in [0.25, 0.3) is 0 Å². The number of benzene rings is 1. The zero-order valence-electron chi connectivity index (χ0n) is 13.1. The van der Waals surface area contributed by atoms with Crippen molar-refractivity contribution in [1.82, 2.24) is 10.3 Å². The maximum atomic E-state index is 13.5. The molecule has 5 nitrogen and oxygen atoms in total. The number of carbonyl (C=O) groups is 2. The SMILES string of the molecule is COC(=O)[C@H](CSc1cc(C)nc2ccc(F)cc12)NC(C)=O. The Morgan fingerprint density at radius 2 is 2.13 bits per heavy atom. The highest BCUT2D eigenvalue weighted by Gasteiger charge is 2.21. The van der Waals surface area contributed by atoms with Gasteiger partial charge in [-0.05, 0) is 31.2 Å². The zero-order chi connectivity index (χ0) is 17.0. The largest absolute Gasteiger partial charge is 0.467 e. The van der Waals surface area contributed by atoms with Gasteiger partial charge in [-0.2, -0.15) is 0 Å². The van der Waals surface area contributed by atoms with Crippen molar-refractivity contribution < 1.29 is 18.7 Å². The molecule has 0 aliphatic rings. The van der Waals surface area contributed by atoms with E-state index in [-0.39, 0.29) is 17.5 Å². The Balaban J connectivity index is 2.27. The molecule has 1 heterocycles. The van der Waals surface area contributed by atoms with Gasteiger partial charge in [0.1, 0.15) is 11.9 Å². The van der Waals surface area contributed by atoms with Crippen LogP contribution in [0.15, 0.2) is 29.2 Å². The summed E-state index contributed by atoms with van der Waals surface area (Å²) in [5, 5.41) is 3.22. The summed E-state index contributed by atoms with van der Waals surface area (Å²) in [5.74, 6) is -0.908. The molecule has 1 atom stereocenters. The Morgan fingerprint density at radius 1 is 1.39 bits per heavy atom. The number of amides is 1. The van der Waals surface area contributed by atoms with E-state index >= 15 is 0 Å². The Labute approximate surface area is 137 Å². The van der Waals surface area contributed by atoms with E-state index in [9.17, 15) is 14.0 Å². The van der Waals surface area contributed by atoms with Crippen LogP contribution in [0, 0.1) is 12.7 Å². The molecule has 0 saturated carbocycles. The minimum Gasteiger partial charge on any atom is -0.467 e. The lowest BCUT2D eigenvalue weighted by atomic mass is 10.2. The van der Waals surface area contributed by atoms with Crippen LogP contribution < -0.4 is 5.32 Å². The quantitative estimate of drug-likeness (QED) is 0.671. The van der Waals surface area contributed by atoms with Crippen LogP contribution in [0.4, 0.5) is 4.39 Å². The van der Waals surface area contributed by atoms with Crippen molar-refractivity contribution in [2.45, 2.75) is 24.8 Å². The molecule has 1 amide bonds. The van der Waals surface area contributed by atoms with Gasteiger partial charge in [0.15, 0.2) is 0 Å². The number of rotatable bonds is 5. The molecule has 0 aliphatic heterocycles. The number of esters is 1. The van der Waals surface area contributed by atoms with Crippen molar-refractivity contribution in [2.24, 2.45) is 0 Å². The van der Waals surface area contributed by atoms with Gasteiger partial charge in [-0.15, -0.1) is 11.8 Å². The molecule has 1 aromatic heterocycles. The van der Waals surface area contributed by atoms with Crippen LogP contribution in [0.2, 0.25) is 0 Å². The van der Waals surface area contributed by atoms with Crippen molar-refractivity contribution in [1.29, 1.82) is 0 Å². The summed E-state index contributed by atoms with van der Waals surface area (Å²) in [7, 11) is 1.27. The van der Waals surface area contributed by atoms with Crippen LogP contribution in [0.25, 0.3) is 10.9 Å². The van der Waals surface area contributed by atoms with Gasteiger partial charge in [0.2, 0.25) is 5.91 Å². The molecule has 2 rings (SSSR count). The topological polar surface area (TPSA) is 68.3 Å². The number of aryl methyl sites for hydroxylation is 1. The fourth-order valence-electron chi connectivity index (χ4n) is 2.14. The number of nitrogens with zero attached hydrogens (tertiary/aromatic N) is 1. The second-order valence-corrected chi connectivity index (χ2v) is 6.07. The molecular weight excluding hydrogens is 319 g/mol. The van der Waals surface area contributed by atoms with E-state index in [0.717, 1.165) is 10.6 Å². The number of nitrogens with one attached hydrogen (secondary N) is 1. The monoisotopic (exact) mass is 336 g/mol. The summed E-state index contributed by atoms with van der Waals surface area (Å²) < 4.78 is 18.2. The molecule has 0 saturated heterocycles. The van der Waals surface area contributed by atoms with Gasteiger partial charge in [-0.3, -0.25) is 9.78 Å². The van der Waals surface area contributed by atoms with Crippen LogP contribution in [0.1, 0.15) is 12.6 Å². The number of thioether (sulfide) groups is 1. The number of hydrogen-bond donors (Lipinski definition) is 1. The molecule has 7 heteroatoms. The number of fused-ring (bicyclic) bond motifs is 1. The summed E-state index contributed by atoms with van der Waals surface area (Å²) in [4.78, 5) is 28.1. The molecule has 0 fully saturated rings. The standard InChI is InChI=1S/C16H17FN2O3S/c1-9-6-15(12-7-11(17)4-5-13(12)18-9)23-8-14(16(21)22-3)19-10(2)20/h4-7,14H,8H2,1-3H3,(H,19,20)/t14-/m0/s1. The van der Waals surface area contributed by atoms with E-state index in [1.54, 1.807) is 6.07 Å². The molecule has 0 bridgehead atoms. The normalized spacial score (nSPS) is 12.0. The van der Waals surface area contributed by atoms with Crippen molar-refractivity contribution in [3.05, 3.63) is 35.8 Å². The molecule has 1 aromatic carbocycles.